The van der Waals surface area contributed by atoms with E-state index in [1.165, 1.54) is 6.92 Å². The molecule has 1 saturated heterocycles. The number of piperidine rings is 1. The summed E-state index contributed by atoms with van der Waals surface area (Å²) in [5.74, 6) is -0.211. The standard InChI is InChI=1S/C11H15NO.C4H8O2/c13-11(6-8-12-9-7-11)10-4-2-1-3-5-10;1-3-6-4(2)5/h1-5,12-13H,6-9H2;3H2,1-2H3. The zero-order valence-electron chi connectivity index (χ0n) is 11.7. The van der Waals surface area contributed by atoms with Crippen LogP contribution in [0.3, 0.4) is 0 Å². The molecule has 0 atom stereocenters. The third-order valence-corrected chi connectivity index (χ3v) is 3.09. The van der Waals surface area contributed by atoms with Gasteiger partial charge in [-0.1, -0.05) is 30.3 Å². The molecule has 1 aliphatic heterocycles. The third-order valence-electron chi connectivity index (χ3n) is 3.09. The second-order valence-electron chi connectivity index (χ2n) is 4.57. The summed E-state index contributed by atoms with van der Waals surface area (Å²) in [6, 6.07) is 9.95. The molecule has 1 aliphatic rings. The molecule has 0 bridgehead atoms. The van der Waals surface area contributed by atoms with Gasteiger partial charge in [-0.25, -0.2) is 0 Å². The fraction of sp³-hybridized carbons (Fsp3) is 0.533. The second-order valence-corrected chi connectivity index (χ2v) is 4.57. The van der Waals surface area contributed by atoms with Crippen LogP contribution in [0.25, 0.3) is 0 Å². The maximum Gasteiger partial charge on any atom is 0.302 e. The smallest absolute Gasteiger partial charge is 0.302 e. The van der Waals surface area contributed by atoms with Gasteiger partial charge in [-0.3, -0.25) is 4.79 Å². The van der Waals surface area contributed by atoms with Crippen molar-refractivity contribution in [3.8, 4) is 0 Å². The zero-order chi connectivity index (χ0) is 14.1. The Hall–Kier alpha value is -1.39. The normalized spacial score (nSPS) is 17.0. The largest absolute Gasteiger partial charge is 0.466 e. The Balaban J connectivity index is 0.000000258. The summed E-state index contributed by atoms with van der Waals surface area (Å²) in [5.41, 5.74) is 0.462. The molecule has 0 aromatic heterocycles. The molecular weight excluding hydrogens is 242 g/mol. The molecule has 4 nitrogen and oxygen atoms in total. The van der Waals surface area contributed by atoms with Crippen molar-refractivity contribution in [2.24, 2.45) is 0 Å². The molecule has 0 radical (unpaired) electrons. The first-order valence-corrected chi connectivity index (χ1v) is 6.70. The fourth-order valence-corrected chi connectivity index (χ4v) is 2.08. The molecule has 1 aromatic rings. The van der Waals surface area contributed by atoms with Gasteiger partial charge < -0.3 is 15.2 Å². The van der Waals surface area contributed by atoms with Gasteiger partial charge in [0.25, 0.3) is 0 Å². The number of nitrogens with one attached hydrogen (secondary N) is 1. The number of esters is 1. The van der Waals surface area contributed by atoms with Crippen molar-refractivity contribution in [2.45, 2.75) is 32.3 Å². The predicted octanol–water partition coefficient (Wildman–Crippen LogP) is 1.83. The van der Waals surface area contributed by atoms with Gasteiger partial charge in [0.1, 0.15) is 0 Å². The molecule has 0 spiro atoms. The maximum absolute atomic E-state index is 10.3. The van der Waals surface area contributed by atoms with Crippen LogP contribution < -0.4 is 5.32 Å². The summed E-state index contributed by atoms with van der Waals surface area (Å²) in [4.78, 5) is 9.82. The molecule has 0 aliphatic carbocycles. The van der Waals surface area contributed by atoms with Crippen LogP contribution in [0, 0.1) is 0 Å². The van der Waals surface area contributed by atoms with Crippen molar-refractivity contribution in [2.75, 3.05) is 19.7 Å². The summed E-state index contributed by atoms with van der Waals surface area (Å²) < 4.78 is 4.40. The monoisotopic (exact) mass is 265 g/mol. The van der Waals surface area contributed by atoms with Gasteiger partial charge in [-0.15, -0.1) is 0 Å². The highest BCUT2D eigenvalue weighted by Gasteiger charge is 2.30. The first-order chi connectivity index (χ1) is 9.08. The minimum atomic E-state index is -0.591. The number of carbonyl (C=O) groups is 1. The van der Waals surface area contributed by atoms with E-state index >= 15 is 0 Å². The Kier molecular flexibility index (Phi) is 6.53. The summed E-state index contributed by atoms with van der Waals surface area (Å²) in [5, 5.41) is 13.6. The summed E-state index contributed by atoms with van der Waals surface area (Å²) in [7, 11) is 0. The van der Waals surface area contributed by atoms with E-state index in [1.807, 2.05) is 30.3 Å². The topological polar surface area (TPSA) is 58.6 Å². The molecule has 4 heteroatoms. The van der Waals surface area contributed by atoms with Crippen molar-refractivity contribution in [3.05, 3.63) is 35.9 Å². The van der Waals surface area contributed by atoms with Gasteiger partial charge in [0.15, 0.2) is 0 Å². The Labute approximate surface area is 114 Å². The fourth-order valence-electron chi connectivity index (χ4n) is 2.08. The number of hydrogen-bond donors (Lipinski definition) is 2. The molecule has 0 saturated carbocycles. The van der Waals surface area contributed by atoms with Crippen molar-refractivity contribution in [3.63, 3.8) is 0 Å². The average Bonchev–Trinajstić information content (AvgIpc) is 2.41. The molecule has 1 aromatic carbocycles. The molecule has 0 amide bonds. The van der Waals surface area contributed by atoms with Crippen molar-refractivity contribution >= 4 is 5.97 Å². The van der Waals surface area contributed by atoms with E-state index in [9.17, 15) is 9.90 Å². The van der Waals surface area contributed by atoms with Gasteiger partial charge in [-0.2, -0.15) is 0 Å². The number of ether oxygens (including phenoxy) is 1. The van der Waals surface area contributed by atoms with Crippen LogP contribution in [0.4, 0.5) is 0 Å². The van der Waals surface area contributed by atoms with Crippen molar-refractivity contribution in [1.82, 2.24) is 5.32 Å². The molecule has 0 unspecified atom stereocenters. The minimum absolute atomic E-state index is 0.211. The van der Waals surface area contributed by atoms with E-state index < -0.39 is 5.60 Å². The quantitative estimate of drug-likeness (QED) is 0.801. The van der Waals surface area contributed by atoms with E-state index in [4.69, 9.17) is 0 Å². The predicted molar refractivity (Wildman–Crippen MR) is 74.7 cm³/mol. The Morgan fingerprint density at radius 1 is 1.32 bits per heavy atom. The van der Waals surface area contributed by atoms with Crippen molar-refractivity contribution < 1.29 is 14.6 Å². The van der Waals surface area contributed by atoms with Crippen LogP contribution in [0.5, 0.6) is 0 Å². The number of carbonyl (C=O) groups excluding carboxylic acids is 1. The Morgan fingerprint density at radius 3 is 2.32 bits per heavy atom. The zero-order valence-corrected chi connectivity index (χ0v) is 11.7. The lowest BCUT2D eigenvalue weighted by atomic mass is 9.85. The lowest BCUT2D eigenvalue weighted by Gasteiger charge is -2.32. The van der Waals surface area contributed by atoms with Gasteiger partial charge in [0, 0.05) is 6.92 Å². The molecule has 1 heterocycles. The first-order valence-electron chi connectivity index (χ1n) is 6.70. The van der Waals surface area contributed by atoms with Crippen molar-refractivity contribution in [1.29, 1.82) is 0 Å². The lowest BCUT2D eigenvalue weighted by Crippen LogP contribution is -2.39. The highest BCUT2D eigenvalue weighted by molar-refractivity contribution is 5.65. The molecule has 1 fully saturated rings. The summed E-state index contributed by atoms with van der Waals surface area (Å²) >= 11 is 0. The number of benzene rings is 1. The number of hydrogen-bond acceptors (Lipinski definition) is 4. The highest BCUT2D eigenvalue weighted by Crippen LogP contribution is 2.29. The van der Waals surface area contributed by atoms with Crippen LogP contribution in [0.1, 0.15) is 32.3 Å². The van der Waals surface area contributed by atoms with E-state index in [0.717, 1.165) is 31.5 Å². The van der Waals surface area contributed by atoms with Crippen LogP contribution >= 0.6 is 0 Å². The van der Waals surface area contributed by atoms with E-state index in [-0.39, 0.29) is 5.97 Å². The van der Waals surface area contributed by atoms with E-state index in [0.29, 0.717) is 6.61 Å². The first kappa shape index (κ1) is 15.7. The molecule has 2 rings (SSSR count). The molecule has 2 N–H and O–H groups in total. The minimum Gasteiger partial charge on any atom is -0.466 e. The van der Waals surface area contributed by atoms with Gasteiger partial charge in [0.2, 0.25) is 0 Å². The average molecular weight is 265 g/mol. The van der Waals surface area contributed by atoms with Gasteiger partial charge in [0.05, 0.1) is 12.2 Å². The number of aliphatic hydroxyl groups is 1. The molecular formula is C15H23NO3. The van der Waals surface area contributed by atoms with Crippen LogP contribution in [0.2, 0.25) is 0 Å². The molecule has 19 heavy (non-hydrogen) atoms. The number of rotatable bonds is 2. The maximum atomic E-state index is 10.3. The van der Waals surface area contributed by atoms with Gasteiger partial charge >= 0.3 is 5.97 Å². The Bertz CT molecular complexity index is 372. The highest BCUT2D eigenvalue weighted by atomic mass is 16.5. The molecule has 106 valence electrons. The lowest BCUT2D eigenvalue weighted by molar-refractivity contribution is -0.140. The van der Waals surface area contributed by atoms with Crippen LogP contribution in [0.15, 0.2) is 30.3 Å². The summed E-state index contributed by atoms with van der Waals surface area (Å²) in [6.45, 7) is 5.47. The third kappa shape index (κ3) is 5.41. The summed E-state index contributed by atoms with van der Waals surface area (Å²) in [6.07, 6.45) is 1.63. The Morgan fingerprint density at radius 2 is 1.89 bits per heavy atom. The van der Waals surface area contributed by atoms with Crippen LogP contribution in [-0.2, 0) is 15.1 Å². The van der Waals surface area contributed by atoms with E-state index in [1.54, 1.807) is 6.92 Å². The second kappa shape index (κ2) is 7.92. The van der Waals surface area contributed by atoms with Crippen LogP contribution in [-0.4, -0.2) is 30.8 Å². The van der Waals surface area contributed by atoms with E-state index in [2.05, 4.69) is 10.1 Å². The van der Waals surface area contributed by atoms with Gasteiger partial charge in [-0.05, 0) is 38.4 Å². The SMILES string of the molecule is CCOC(C)=O.OC1(c2ccccc2)CCNCC1.